The molecule has 4 nitrogen and oxygen atoms in total. The van der Waals surface area contributed by atoms with Crippen molar-refractivity contribution in [1.82, 2.24) is 5.32 Å². The van der Waals surface area contributed by atoms with E-state index in [0.29, 0.717) is 5.56 Å². The summed E-state index contributed by atoms with van der Waals surface area (Å²) in [7, 11) is 0. The molecule has 100 valence electrons. The molecule has 1 aliphatic rings. The molecule has 1 aromatic carbocycles. The number of piperidine rings is 1. The molecule has 2 rings (SSSR count). The Bertz CT molecular complexity index is 510. The molecule has 1 atom stereocenters. The molecule has 0 radical (unpaired) electrons. The monoisotopic (exact) mass is 275 g/mol. The summed E-state index contributed by atoms with van der Waals surface area (Å²) in [4.78, 5) is 12.7. The first-order valence-corrected chi connectivity index (χ1v) is 7.45. The van der Waals surface area contributed by atoms with Gasteiger partial charge in [-0.25, -0.2) is 0 Å². The summed E-state index contributed by atoms with van der Waals surface area (Å²) in [6, 6.07) is 7.73. The van der Waals surface area contributed by atoms with Crippen molar-refractivity contribution >= 4 is 23.4 Å². The van der Waals surface area contributed by atoms with Gasteiger partial charge >= 0.3 is 0 Å². The Labute approximate surface area is 117 Å². The van der Waals surface area contributed by atoms with Crippen LogP contribution in [0.3, 0.4) is 0 Å². The lowest BCUT2D eigenvalue weighted by Crippen LogP contribution is -2.44. The van der Waals surface area contributed by atoms with Crippen LogP contribution in [-0.4, -0.2) is 24.2 Å². The second-order valence-corrected chi connectivity index (χ2v) is 5.66. The molecule has 1 aromatic rings. The molecule has 1 aliphatic heterocycles. The number of thioether (sulfide) groups is 1. The van der Waals surface area contributed by atoms with E-state index in [0.717, 1.165) is 35.7 Å². The summed E-state index contributed by atoms with van der Waals surface area (Å²) in [5, 5.41) is 15.4. The quantitative estimate of drug-likeness (QED) is 0.828. The van der Waals surface area contributed by atoms with Crippen LogP contribution in [0.5, 0.6) is 0 Å². The van der Waals surface area contributed by atoms with E-state index < -0.39 is 0 Å². The van der Waals surface area contributed by atoms with E-state index in [9.17, 15) is 10.1 Å². The second-order valence-electron chi connectivity index (χ2n) is 4.35. The number of carbonyl (C=O) groups excluding carboxylic acids is 1. The van der Waals surface area contributed by atoms with Crippen molar-refractivity contribution in [2.45, 2.75) is 30.7 Å². The third-order valence-corrected chi connectivity index (χ3v) is 3.99. The summed E-state index contributed by atoms with van der Waals surface area (Å²) in [6.07, 6.45) is 1.77. The number of anilines is 1. The first kappa shape index (κ1) is 13.8. The maximum Gasteiger partial charge on any atom is 0.242 e. The van der Waals surface area contributed by atoms with Gasteiger partial charge in [0.05, 0.1) is 11.3 Å². The Morgan fingerprint density at radius 2 is 2.42 bits per heavy atom. The largest absolute Gasteiger partial charge is 0.373 e. The van der Waals surface area contributed by atoms with Crippen molar-refractivity contribution in [2.75, 3.05) is 17.6 Å². The van der Waals surface area contributed by atoms with Gasteiger partial charge in [-0.05, 0) is 30.7 Å². The molecular formula is C14H17N3OS. The molecule has 0 bridgehead atoms. The SMILES string of the molecule is CCSc1cccc(NC2CCCNC2=O)c1C#N. The summed E-state index contributed by atoms with van der Waals surface area (Å²) in [5.41, 5.74) is 1.38. The van der Waals surface area contributed by atoms with E-state index in [1.807, 2.05) is 18.2 Å². The highest BCUT2D eigenvalue weighted by Gasteiger charge is 2.22. The van der Waals surface area contributed by atoms with Crippen LogP contribution in [0.4, 0.5) is 5.69 Å². The van der Waals surface area contributed by atoms with Crippen molar-refractivity contribution in [2.24, 2.45) is 0 Å². The maximum atomic E-state index is 11.7. The van der Waals surface area contributed by atoms with Crippen molar-refractivity contribution in [3.05, 3.63) is 23.8 Å². The van der Waals surface area contributed by atoms with Gasteiger partial charge in [0.1, 0.15) is 12.1 Å². The highest BCUT2D eigenvalue weighted by atomic mass is 32.2. The predicted octanol–water partition coefficient (Wildman–Crippen LogP) is 2.36. The highest BCUT2D eigenvalue weighted by molar-refractivity contribution is 7.99. The van der Waals surface area contributed by atoms with Gasteiger partial charge in [-0.1, -0.05) is 13.0 Å². The summed E-state index contributed by atoms with van der Waals surface area (Å²) in [5.74, 6) is 0.936. The number of carbonyl (C=O) groups is 1. The molecule has 0 saturated carbocycles. The molecule has 0 aliphatic carbocycles. The number of hydrogen-bond donors (Lipinski definition) is 2. The first-order chi connectivity index (χ1) is 9.26. The Morgan fingerprint density at radius 3 is 3.11 bits per heavy atom. The molecule has 1 heterocycles. The van der Waals surface area contributed by atoms with Crippen molar-refractivity contribution in [3.8, 4) is 6.07 Å². The number of hydrogen-bond acceptors (Lipinski definition) is 4. The van der Waals surface area contributed by atoms with E-state index in [1.54, 1.807) is 11.8 Å². The average molecular weight is 275 g/mol. The number of nitrogens with one attached hydrogen (secondary N) is 2. The van der Waals surface area contributed by atoms with E-state index in [2.05, 4.69) is 23.6 Å². The molecule has 19 heavy (non-hydrogen) atoms. The minimum Gasteiger partial charge on any atom is -0.373 e. The normalized spacial score (nSPS) is 18.5. The number of nitrogens with zero attached hydrogens (tertiary/aromatic N) is 1. The minimum absolute atomic E-state index is 0.0173. The van der Waals surface area contributed by atoms with Crippen LogP contribution in [0.2, 0.25) is 0 Å². The lowest BCUT2D eigenvalue weighted by Gasteiger charge is -2.24. The molecule has 1 amide bonds. The smallest absolute Gasteiger partial charge is 0.242 e. The summed E-state index contributed by atoms with van der Waals surface area (Å²) >= 11 is 1.64. The zero-order valence-corrected chi connectivity index (χ0v) is 11.7. The van der Waals surface area contributed by atoms with Crippen LogP contribution >= 0.6 is 11.8 Å². The number of amides is 1. The highest BCUT2D eigenvalue weighted by Crippen LogP contribution is 2.28. The van der Waals surface area contributed by atoms with Gasteiger partial charge in [0.15, 0.2) is 0 Å². The Balaban J connectivity index is 2.22. The van der Waals surface area contributed by atoms with Crippen LogP contribution in [0.15, 0.2) is 23.1 Å². The average Bonchev–Trinajstić information content (AvgIpc) is 2.42. The standard InChI is InChI=1S/C14H17N3OS/c1-2-19-13-7-3-5-11(10(13)9-15)17-12-6-4-8-16-14(12)18/h3,5,7,12,17H,2,4,6,8H2,1H3,(H,16,18). The molecule has 1 fully saturated rings. The van der Waals surface area contributed by atoms with Crippen molar-refractivity contribution in [3.63, 3.8) is 0 Å². The first-order valence-electron chi connectivity index (χ1n) is 6.46. The number of rotatable bonds is 4. The molecule has 2 N–H and O–H groups in total. The predicted molar refractivity (Wildman–Crippen MR) is 77.2 cm³/mol. The van der Waals surface area contributed by atoms with Crippen LogP contribution in [-0.2, 0) is 4.79 Å². The van der Waals surface area contributed by atoms with Gasteiger partial charge in [0, 0.05) is 11.4 Å². The topological polar surface area (TPSA) is 64.9 Å². The third-order valence-electron chi connectivity index (χ3n) is 3.05. The van der Waals surface area contributed by atoms with Gasteiger partial charge in [-0.2, -0.15) is 5.26 Å². The van der Waals surface area contributed by atoms with Crippen LogP contribution in [0.25, 0.3) is 0 Å². The lowest BCUT2D eigenvalue weighted by atomic mass is 10.1. The Kier molecular flexibility index (Phi) is 4.69. The number of benzene rings is 1. The zero-order chi connectivity index (χ0) is 13.7. The molecule has 1 saturated heterocycles. The fourth-order valence-corrected chi connectivity index (χ4v) is 2.93. The van der Waals surface area contributed by atoms with E-state index in [-0.39, 0.29) is 11.9 Å². The lowest BCUT2D eigenvalue weighted by molar-refractivity contribution is -0.123. The van der Waals surface area contributed by atoms with E-state index >= 15 is 0 Å². The van der Waals surface area contributed by atoms with Gasteiger partial charge in [0.25, 0.3) is 0 Å². The Morgan fingerprint density at radius 1 is 1.58 bits per heavy atom. The summed E-state index contributed by atoms with van der Waals surface area (Å²) in [6.45, 7) is 2.80. The molecular weight excluding hydrogens is 258 g/mol. The Hall–Kier alpha value is -1.67. The van der Waals surface area contributed by atoms with E-state index in [1.165, 1.54) is 0 Å². The fraction of sp³-hybridized carbons (Fsp3) is 0.429. The molecule has 1 unspecified atom stereocenters. The molecule has 0 spiro atoms. The maximum absolute atomic E-state index is 11.7. The van der Waals surface area contributed by atoms with Gasteiger partial charge in [-0.15, -0.1) is 11.8 Å². The second kappa shape index (κ2) is 6.48. The molecule has 5 heteroatoms. The van der Waals surface area contributed by atoms with E-state index in [4.69, 9.17) is 0 Å². The van der Waals surface area contributed by atoms with Gasteiger partial charge in [-0.3, -0.25) is 4.79 Å². The summed E-state index contributed by atoms with van der Waals surface area (Å²) < 4.78 is 0. The van der Waals surface area contributed by atoms with Crippen LogP contribution in [0, 0.1) is 11.3 Å². The molecule has 0 aromatic heterocycles. The number of nitriles is 1. The fourth-order valence-electron chi connectivity index (χ4n) is 2.14. The van der Waals surface area contributed by atoms with Gasteiger partial charge in [0.2, 0.25) is 5.91 Å². The van der Waals surface area contributed by atoms with Crippen LogP contribution in [0.1, 0.15) is 25.3 Å². The minimum atomic E-state index is -0.234. The van der Waals surface area contributed by atoms with Crippen molar-refractivity contribution < 1.29 is 4.79 Å². The zero-order valence-electron chi connectivity index (χ0n) is 10.9. The van der Waals surface area contributed by atoms with Gasteiger partial charge < -0.3 is 10.6 Å². The third kappa shape index (κ3) is 3.21. The van der Waals surface area contributed by atoms with Crippen molar-refractivity contribution in [1.29, 1.82) is 5.26 Å². The van der Waals surface area contributed by atoms with Crippen LogP contribution < -0.4 is 10.6 Å².